The van der Waals surface area contributed by atoms with Crippen LogP contribution in [-0.4, -0.2) is 77.2 Å². The van der Waals surface area contributed by atoms with Gasteiger partial charge < -0.3 is 45.0 Å². The molecule has 0 spiro atoms. The van der Waals surface area contributed by atoms with Crippen LogP contribution in [0.3, 0.4) is 0 Å². The van der Waals surface area contributed by atoms with Crippen LogP contribution in [0.2, 0.25) is 0 Å². The summed E-state index contributed by atoms with van der Waals surface area (Å²) in [6.45, 7) is -0.0364. The Kier molecular flexibility index (Phi) is 14.8. The first-order valence-electron chi connectivity index (χ1n) is 13.9. The van der Waals surface area contributed by atoms with Crippen LogP contribution in [0, 0.1) is 0 Å². The summed E-state index contributed by atoms with van der Waals surface area (Å²) in [6, 6.07) is 8.17. The number of amides is 2. The van der Waals surface area contributed by atoms with Crippen molar-refractivity contribution in [3.8, 4) is 11.5 Å². The van der Waals surface area contributed by atoms with Gasteiger partial charge in [-0.2, -0.15) is 0 Å². The number of aromatic hydroxyl groups is 2. The highest BCUT2D eigenvalue weighted by molar-refractivity contribution is 5.94. The average molecular weight is 660 g/mol. The largest absolute Gasteiger partial charge is 0.507 e. The van der Waals surface area contributed by atoms with Crippen LogP contribution in [0.15, 0.2) is 41.6 Å². The van der Waals surface area contributed by atoms with E-state index in [0.717, 1.165) is 14.2 Å². The van der Waals surface area contributed by atoms with E-state index in [-0.39, 0.29) is 48.6 Å². The molecule has 0 radical (unpaired) electrons. The number of phenols is 2. The second-order valence-electron chi connectivity index (χ2n) is 9.55. The summed E-state index contributed by atoms with van der Waals surface area (Å²) in [5.74, 6) is -6.80. The molecule has 0 saturated carbocycles. The average Bonchev–Trinajstić information content (AvgIpc) is 3.05. The third-order valence-electron chi connectivity index (χ3n) is 6.14. The Morgan fingerprint density at radius 1 is 0.617 bits per heavy atom. The topological polar surface area (TPSA) is 254 Å². The van der Waals surface area contributed by atoms with Crippen molar-refractivity contribution in [3.63, 3.8) is 0 Å². The predicted octanol–water partition coefficient (Wildman–Crippen LogP) is 1.34. The lowest BCUT2D eigenvalue weighted by Gasteiger charge is -2.09. The minimum Gasteiger partial charge on any atom is -0.507 e. The maximum absolute atomic E-state index is 12.1. The summed E-state index contributed by atoms with van der Waals surface area (Å²) < 4.78 is 18.5. The van der Waals surface area contributed by atoms with Crippen LogP contribution in [0.5, 0.6) is 11.5 Å². The molecule has 0 heterocycles. The molecule has 0 saturated heterocycles. The molecule has 0 aliphatic carbocycles. The van der Waals surface area contributed by atoms with E-state index in [1.54, 1.807) is 0 Å². The monoisotopic (exact) mass is 659 g/mol. The highest BCUT2D eigenvalue weighted by Gasteiger charge is 2.18. The van der Waals surface area contributed by atoms with Gasteiger partial charge in [-0.1, -0.05) is 17.3 Å². The number of nitrogens with zero attached hydrogens (tertiary/aromatic N) is 1. The lowest BCUT2D eigenvalue weighted by atomic mass is 10.1. The second-order valence-corrected chi connectivity index (χ2v) is 9.55. The molecular formula is C30H33N3O14. The molecule has 0 aliphatic heterocycles. The van der Waals surface area contributed by atoms with Crippen LogP contribution in [-0.2, 0) is 56.0 Å². The standard InChI is InChI=1S/C30H33N3O14/c1-44-29(41)19-5-3-17(13-21(19)34)15-31-23(36)7-10-26(38)46-25(33-43)9-12-28(40)47-27(39)11-8-24(37)32-16-18-4-6-20(22(35)14-18)30(42)45-2/h3-6,13-14,34-35,43H,7-12,15-16H2,1-2H3,(H,31,36)(H,32,37)/b33-25-. The van der Waals surface area contributed by atoms with Gasteiger partial charge in [0.15, 0.2) is 0 Å². The molecule has 17 heteroatoms. The molecule has 0 bridgehead atoms. The second kappa shape index (κ2) is 18.7. The van der Waals surface area contributed by atoms with E-state index >= 15 is 0 Å². The smallest absolute Gasteiger partial charge is 0.341 e. The van der Waals surface area contributed by atoms with Crippen LogP contribution in [0.25, 0.3) is 0 Å². The Morgan fingerprint density at radius 3 is 1.40 bits per heavy atom. The van der Waals surface area contributed by atoms with E-state index < -0.39 is 73.2 Å². The maximum Gasteiger partial charge on any atom is 0.341 e. The molecule has 2 aromatic carbocycles. The molecule has 2 aromatic rings. The fourth-order valence-corrected chi connectivity index (χ4v) is 3.69. The van der Waals surface area contributed by atoms with Gasteiger partial charge in [-0.15, -0.1) is 0 Å². The zero-order valence-corrected chi connectivity index (χ0v) is 25.4. The SMILES string of the molecule is COC(=O)c1ccc(CNC(=O)CCC(=O)OC(=O)CC/C(=N/O)OC(=O)CCC(=O)NCc2ccc(C(=O)OC)c(O)c2)cc1O. The third kappa shape index (κ3) is 12.9. The molecule has 47 heavy (non-hydrogen) atoms. The number of hydrogen-bond donors (Lipinski definition) is 5. The molecule has 0 unspecified atom stereocenters. The van der Waals surface area contributed by atoms with Gasteiger partial charge in [0.1, 0.15) is 22.6 Å². The van der Waals surface area contributed by atoms with Crippen molar-refractivity contribution in [1.82, 2.24) is 10.6 Å². The zero-order valence-electron chi connectivity index (χ0n) is 25.4. The molecule has 0 aliphatic rings. The molecule has 0 atom stereocenters. The maximum atomic E-state index is 12.1. The first-order valence-corrected chi connectivity index (χ1v) is 13.9. The first-order chi connectivity index (χ1) is 22.4. The number of phenolic OH excluding ortho intramolecular Hbond substituents is 2. The van der Waals surface area contributed by atoms with Crippen LogP contribution < -0.4 is 10.6 Å². The van der Waals surface area contributed by atoms with E-state index in [9.17, 15) is 43.8 Å². The highest BCUT2D eigenvalue weighted by atomic mass is 16.6. The fourth-order valence-electron chi connectivity index (χ4n) is 3.69. The number of rotatable bonds is 15. The number of ether oxygens (including phenoxy) is 4. The summed E-state index contributed by atoms with van der Waals surface area (Å²) in [5, 5.41) is 36.7. The number of carbonyl (C=O) groups is 7. The van der Waals surface area contributed by atoms with E-state index in [1.165, 1.54) is 36.4 Å². The van der Waals surface area contributed by atoms with E-state index in [4.69, 9.17) is 9.94 Å². The molecular weight excluding hydrogens is 626 g/mol. The Labute approximate surface area is 267 Å². The zero-order chi connectivity index (χ0) is 34.9. The van der Waals surface area contributed by atoms with E-state index in [1.807, 2.05) is 0 Å². The minimum absolute atomic E-state index is 0.0166. The van der Waals surface area contributed by atoms with E-state index in [0.29, 0.717) is 11.1 Å². The molecule has 0 fully saturated rings. The van der Waals surface area contributed by atoms with Gasteiger partial charge in [-0.25, -0.2) is 9.59 Å². The normalized spacial score (nSPS) is 10.7. The number of esters is 5. The number of methoxy groups -OCH3 is 2. The predicted molar refractivity (Wildman–Crippen MR) is 157 cm³/mol. The highest BCUT2D eigenvalue weighted by Crippen LogP contribution is 2.20. The van der Waals surface area contributed by atoms with Gasteiger partial charge in [0.05, 0.1) is 33.5 Å². The Balaban J connectivity index is 1.65. The quantitative estimate of drug-likeness (QED) is 0.0344. The lowest BCUT2D eigenvalue weighted by molar-refractivity contribution is -0.160. The Hall–Kier alpha value is -6.00. The van der Waals surface area contributed by atoms with Gasteiger partial charge in [0, 0.05) is 32.4 Å². The van der Waals surface area contributed by atoms with Crippen LogP contribution in [0.4, 0.5) is 0 Å². The number of carbonyl (C=O) groups excluding carboxylic acids is 7. The molecule has 17 nitrogen and oxygen atoms in total. The van der Waals surface area contributed by atoms with Gasteiger partial charge >= 0.3 is 29.8 Å². The van der Waals surface area contributed by atoms with Crippen molar-refractivity contribution in [2.45, 2.75) is 51.6 Å². The molecule has 252 valence electrons. The van der Waals surface area contributed by atoms with Crippen molar-refractivity contribution in [1.29, 1.82) is 0 Å². The Morgan fingerprint density at radius 2 is 1.02 bits per heavy atom. The van der Waals surface area contributed by atoms with Gasteiger partial charge in [-0.05, 0) is 35.4 Å². The molecule has 5 N–H and O–H groups in total. The fraction of sp³-hybridized carbons (Fsp3) is 0.333. The summed E-state index contributed by atoms with van der Waals surface area (Å²) >= 11 is 0. The third-order valence-corrected chi connectivity index (χ3v) is 6.14. The number of benzene rings is 2. The molecule has 0 aromatic heterocycles. The van der Waals surface area contributed by atoms with Gasteiger partial charge in [0.2, 0.25) is 17.7 Å². The van der Waals surface area contributed by atoms with Crippen molar-refractivity contribution in [2.75, 3.05) is 14.2 Å². The van der Waals surface area contributed by atoms with Gasteiger partial charge in [-0.3, -0.25) is 24.0 Å². The molecule has 2 rings (SSSR count). The number of hydrogen-bond acceptors (Lipinski definition) is 15. The summed E-state index contributed by atoms with van der Waals surface area (Å²) in [7, 11) is 2.33. The minimum atomic E-state index is -1.04. The Bertz CT molecular complexity index is 1540. The van der Waals surface area contributed by atoms with Crippen LogP contribution >= 0.6 is 0 Å². The van der Waals surface area contributed by atoms with Crippen molar-refractivity contribution < 1.29 is 67.9 Å². The lowest BCUT2D eigenvalue weighted by Crippen LogP contribution is -2.24. The summed E-state index contributed by atoms with van der Waals surface area (Å²) in [6.07, 6.45) is -2.43. The van der Waals surface area contributed by atoms with Crippen molar-refractivity contribution in [2.24, 2.45) is 5.16 Å². The number of oxime groups is 1. The first kappa shape index (κ1) is 37.2. The summed E-state index contributed by atoms with van der Waals surface area (Å²) in [5.41, 5.74) is 0.842. The van der Waals surface area contributed by atoms with Crippen molar-refractivity contribution in [3.05, 3.63) is 58.7 Å². The van der Waals surface area contributed by atoms with Crippen LogP contribution in [0.1, 0.15) is 70.4 Å². The summed E-state index contributed by atoms with van der Waals surface area (Å²) in [4.78, 5) is 83.1. The van der Waals surface area contributed by atoms with Crippen molar-refractivity contribution >= 4 is 47.6 Å². The van der Waals surface area contributed by atoms with Gasteiger partial charge in [0.25, 0.3) is 0 Å². The van der Waals surface area contributed by atoms with E-state index in [2.05, 4.69) is 30.0 Å². The number of nitrogens with one attached hydrogen (secondary N) is 2. The molecule has 2 amide bonds.